The number of aromatic nitrogens is 3. The molecule has 0 saturated carbocycles. The number of benzene rings is 1. The van der Waals surface area contributed by atoms with E-state index in [9.17, 15) is 0 Å². The molecule has 0 bridgehead atoms. The van der Waals surface area contributed by atoms with Gasteiger partial charge in [-0.05, 0) is 31.4 Å². The van der Waals surface area contributed by atoms with Crippen LogP contribution in [0.4, 0.5) is 0 Å². The van der Waals surface area contributed by atoms with E-state index < -0.39 is 0 Å². The summed E-state index contributed by atoms with van der Waals surface area (Å²) in [6.45, 7) is 0.855. The Hall–Kier alpha value is -1.24. The zero-order chi connectivity index (χ0) is 14.7. The maximum atomic E-state index is 6.09. The van der Waals surface area contributed by atoms with Gasteiger partial charge in [0.15, 0.2) is 5.82 Å². The van der Waals surface area contributed by atoms with Gasteiger partial charge in [0.2, 0.25) is 5.16 Å². The van der Waals surface area contributed by atoms with Gasteiger partial charge in [-0.2, -0.15) is 0 Å². The van der Waals surface area contributed by atoms with Crippen LogP contribution in [0.25, 0.3) is 11.4 Å². The van der Waals surface area contributed by atoms with Crippen LogP contribution in [0.1, 0.15) is 19.3 Å². The highest BCUT2D eigenvalue weighted by molar-refractivity contribution is 7.99. The Morgan fingerprint density at radius 1 is 1.38 bits per heavy atom. The molecular formula is C14H17ClN4OS. The van der Waals surface area contributed by atoms with Crippen molar-refractivity contribution in [2.75, 3.05) is 18.2 Å². The average Bonchev–Trinajstić information content (AvgIpc) is 2.87. The van der Waals surface area contributed by atoms with Crippen molar-refractivity contribution < 1.29 is 4.74 Å². The molecule has 0 spiro atoms. The Balaban J connectivity index is 1.70. The van der Waals surface area contributed by atoms with E-state index in [1.807, 2.05) is 24.3 Å². The third-order valence-electron chi connectivity index (χ3n) is 3.42. The highest BCUT2D eigenvalue weighted by atomic mass is 35.5. The van der Waals surface area contributed by atoms with Crippen molar-refractivity contribution in [3.8, 4) is 11.4 Å². The lowest BCUT2D eigenvalue weighted by Crippen LogP contribution is -2.22. The van der Waals surface area contributed by atoms with E-state index in [1.165, 1.54) is 11.1 Å². The summed E-state index contributed by atoms with van der Waals surface area (Å²) in [4.78, 5) is 0. The number of nitrogens with two attached hydrogens (primary N) is 1. The molecule has 21 heavy (non-hydrogen) atoms. The van der Waals surface area contributed by atoms with E-state index in [1.54, 1.807) is 11.8 Å². The second-order valence-corrected chi connectivity index (χ2v) is 6.41. The largest absolute Gasteiger partial charge is 0.377 e. The molecule has 0 radical (unpaired) electrons. The van der Waals surface area contributed by atoms with Crippen molar-refractivity contribution in [2.45, 2.75) is 30.5 Å². The van der Waals surface area contributed by atoms with E-state index in [4.69, 9.17) is 22.2 Å². The normalized spacial score (nSPS) is 18.8. The van der Waals surface area contributed by atoms with Gasteiger partial charge < -0.3 is 10.6 Å². The predicted molar refractivity (Wildman–Crippen MR) is 84.9 cm³/mol. The number of hydrogen-bond donors (Lipinski definition) is 1. The lowest BCUT2D eigenvalue weighted by Gasteiger charge is -2.21. The quantitative estimate of drug-likeness (QED) is 0.692. The van der Waals surface area contributed by atoms with Gasteiger partial charge in [-0.25, -0.2) is 4.68 Å². The predicted octanol–water partition coefficient (Wildman–Crippen LogP) is 2.97. The highest BCUT2D eigenvalue weighted by Crippen LogP contribution is 2.25. The van der Waals surface area contributed by atoms with Crippen LogP contribution in [-0.2, 0) is 4.74 Å². The molecule has 1 atom stereocenters. The van der Waals surface area contributed by atoms with Crippen LogP contribution in [0.2, 0.25) is 5.02 Å². The molecule has 7 heteroatoms. The molecule has 2 aromatic rings. The molecule has 2 N–H and O–H groups in total. The summed E-state index contributed by atoms with van der Waals surface area (Å²) in [6, 6.07) is 7.43. The van der Waals surface area contributed by atoms with Crippen molar-refractivity contribution in [1.29, 1.82) is 0 Å². The SMILES string of the molecule is Nn1c(SCC2CCCCO2)nnc1-c1cccc(Cl)c1. The fourth-order valence-corrected chi connectivity index (χ4v) is 3.42. The fourth-order valence-electron chi connectivity index (χ4n) is 2.31. The fraction of sp³-hybridized carbons (Fsp3) is 0.429. The summed E-state index contributed by atoms with van der Waals surface area (Å²) < 4.78 is 7.22. The average molecular weight is 325 g/mol. The molecule has 1 saturated heterocycles. The lowest BCUT2D eigenvalue weighted by atomic mass is 10.1. The Bertz CT molecular complexity index is 613. The van der Waals surface area contributed by atoms with Crippen molar-refractivity contribution in [1.82, 2.24) is 14.9 Å². The van der Waals surface area contributed by atoms with Crippen LogP contribution in [0.3, 0.4) is 0 Å². The van der Waals surface area contributed by atoms with Crippen LogP contribution in [-0.4, -0.2) is 33.3 Å². The number of halogens is 1. The smallest absolute Gasteiger partial charge is 0.210 e. The molecule has 1 aliphatic heterocycles. The Labute approximate surface area is 132 Å². The Kier molecular flexibility index (Phi) is 4.67. The summed E-state index contributed by atoms with van der Waals surface area (Å²) in [7, 11) is 0. The van der Waals surface area contributed by atoms with Crippen molar-refractivity contribution >= 4 is 23.4 Å². The number of hydrogen-bond acceptors (Lipinski definition) is 5. The maximum absolute atomic E-state index is 6.09. The molecule has 1 aromatic carbocycles. The number of nitrogens with zero attached hydrogens (tertiary/aromatic N) is 3. The van der Waals surface area contributed by atoms with Crippen LogP contribution < -0.4 is 5.84 Å². The summed E-state index contributed by atoms with van der Waals surface area (Å²) >= 11 is 7.58. The zero-order valence-electron chi connectivity index (χ0n) is 11.5. The van der Waals surface area contributed by atoms with Crippen LogP contribution >= 0.6 is 23.4 Å². The molecule has 0 amide bonds. The maximum Gasteiger partial charge on any atom is 0.210 e. The second kappa shape index (κ2) is 6.68. The summed E-state index contributed by atoms with van der Waals surface area (Å²) in [5, 5.41) is 9.66. The van der Waals surface area contributed by atoms with E-state index in [2.05, 4.69) is 10.2 Å². The molecular weight excluding hydrogens is 308 g/mol. The lowest BCUT2D eigenvalue weighted by molar-refractivity contribution is 0.0315. The van der Waals surface area contributed by atoms with Gasteiger partial charge in [0.25, 0.3) is 0 Å². The minimum Gasteiger partial charge on any atom is -0.377 e. The molecule has 2 heterocycles. The first-order valence-corrected chi connectivity index (χ1v) is 8.31. The van der Waals surface area contributed by atoms with E-state index in [0.717, 1.165) is 30.8 Å². The molecule has 1 unspecified atom stereocenters. The second-order valence-electron chi connectivity index (χ2n) is 4.99. The van der Waals surface area contributed by atoms with Gasteiger partial charge in [-0.15, -0.1) is 10.2 Å². The van der Waals surface area contributed by atoms with E-state index in [0.29, 0.717) is 16.0 Å². The molecule has 5 nitrogen and oxygen atoms in total. The minimum atomic E-state index is 0.287. The van der Waals surface area contributed by atoms with Gasteiger partial charge >= 0.3 is 0 Å². The van der Waals surface area contributed by atoms with Gasteiger partial charge in [0.1, 0.15) is 0 Å². The van der Waals surface area contributed by atoms with Crippen molar-refractivity contribution in [3.05, 3.63) is 29.3 Å². The first-order chi connectivity index (χ1) is 10.2. The van der Waals surface area contributed by atoms with Gasteiger partial charge in [-0.3, -0.25) is 0 Å². The number of nitrogen functional groups attached to an aromatic ring is 1. The molecule has 112 valence electrons. The van der Waals surface area contributed by atoms with Crippen LogP contribution in [0.5, 0.6) is 0 Å². The Morgan fingerprint density at radius 2 is 2.29 bits per heavy atom. The highest BCUT2D eigenvalue weighted by Gasteiger charge is 2.17. The summed E-state index contributed by atoms with van der Waals surface area (Å²) in [5.41, 5.74) is 0.860. The number of rotatable bonds is 4. The molecule has 3 rings (SSSR count). The monoisotopic (exact) mass is 324 g/mol. The topological polar surface area (TPSA) is 66.0 Å². The molecule has 1 aromatic heterocycles. The molecule has 0 aliphatic carbocycles. The minimum absolute atomic E-state index is 0.287. The van der Waals surface area contributed by atoms with E-state index >= 15 is 0 Å². The summed E-state index contributed by atoms with van der Waals surface area (Å²) in [5.74, 6) is 7.56. The van der Waals surface area contributed by atoms with Crippen molar-refractivity contribution in [3.63, 3.8) is 0 Å². The molecule has 1 fully saturated rings. The van der Waals surface area contributed by atoms with Crippen molar-refractivity contribution in [2.24, 2.45) is 0 Å². The number of ether oxygens (including phenoxy) is 1. The first kappa shape index (κ1) is 14.7. The van der Waals surface area contributed by atoms with Crippen LogP contribution in [0, 0.1) is 0 Å². The number of thioether (sulfide) groups is 1. The first-order valence-electron chi connectivity index (χ1n) is 6.95. The third-order valence-corrected chi connectivity index (χ3v) is 4.73. The van der Waals surface area contributed by atoms with Crippen LogP contribution in [0.15, 0.2) is 29.4 Å². The van der Waals surface area contributed by atoms with Gasteiger partial charge in [0.05, 0.1) is 6.10 Å². The standard InChI is InChI=1S/C14H17ClN4OS/c15-11-5-3-4-10(8-11)13-17-18-14(19(13)16)21-9-12-6-1-2-7-20-12/h3-5,8,12H,1-2,6-7,9,16H2. The van der Waals surface area contributed by atoms with Gasteiger partial charge in [-0.1, -0.05) is 35.5 Å². The summed E-state index contributed by atoms with van der Waals surface area (Å²) in [6.07, 6.45) is 3.78. The third kappa shape index (κ3) is 3.51. The zero-order valence-corrected chi connectivity index (χ0v) is 13.1. The van der Waals surface area contributed by atoms with E-state index in [-0.39, 0.29) is 6.10 Å². The van der Waals surface area contributed by atoms with Gasteiger partial charge in [0, 0.05) is 22.9 Å². The molecule has 1 aliphatic rings. The Morgan fingerprint density at radius 3 is 3.05 bits per heavy atom.